The predicted molar refractivity (Wildman–Crippen MR) is 47.5 cm³/mol. The Bertz CT molecular complexity index is 303. The molecule has 0 saturated heterocycles. The highest BCUT2D eigenvalue weighted by Gasteiger charge is 2.35. The molecule has 0 amide bonds. The highest BCUT2D eigenvalue weighted by molar-refractivity contribution is 5.49. The molecule has 0 spiro atoms. The van der Waals surface area contributed by atoms with E-state index < -0.39 is 12.3 Å². The molecule has 1 aromatic rings. The van der Waals surface area contributed by atoms with Crippen molar-refractivity contribution in [2.45, 2.75) is 12.3 Å². The first kappa shape index (κ1) is 10.8. The van der Waals surface area contributed by atoms with E-state index in [1.807, 2.05) is 0 Å². The van der Waals surface area contributed by atoms with Crippen LogP contribution in [0.25, 0.3) is 6.08 Å². The third-order valence-electron chi connectivity index (χ3n) is 1.61. The highest BCUT2D eigenvalue weighted by atomic mass is 19.4. The summed E-state index contributed by atoms with van der Waals surface area (Å²) >= 11 is 0. The Balaban J connectivity index is 2.66. The number of rotatable bonds is 2. The number of alkyl halides is 3. The Kier molecular flexibility index (Phi) is 3.30. The Morgan fingerprint density at radius 3 is 2.21 bits per heavy atom. The molecule has 1 aromatic carbocycles. The molecule has 0 bridgehead atoms. The van der Waals surface area contributed by atoms with Crippen LogP contribution in [0.15, 0.2) is 36.4 Å². The first-order valence-corrected chi connectivity index (χ1v) is 3.98. The molecule has 0 radical (unpaired) electrons. The van der Waals surface area contributed by atoms with Gasteiger partial charge in [0.05, 0.1) is 0 Å². The lowest BCUT2D eigenvalue weighted by Gasteiger charge is -2.09. The quantitative estimate of drug-likeness (QED) is 0.781. The van der Waals surface area contributed by atoms with Crippen LogP contribution in [0.5, 0.6) is 0 Å². The van der Waals surface area contributed by atoms with Crippen molar-refractivity contribution in [1.82, 2.24) is 0 Å². The molecule has 1 N–H and O–H groups in total. The standard InChI is InChI=1S/C10H9F3O/c11-10(12,13)9(14)7-6-8-4-2-1-3-5-8/h1-7,9,14H/b7-6-/t9-/m1/s1. The number of benzene rings is 1. The summed E-state index contributed by atoms with van der Waals surface area (Å²) in [5.41, 5.74) is 0.621. The van der Waals surface area contributed by atoms with Gasteiger partial charge in [0.1, 0.15) is 0 Å². The van der Waals surface area contributed by atoms with Crippen molar-refractivity contribution in [1.29, 1.82) is 0 Å². The zero-order chi connectivity index (χ0) is 10.6. The zero-order valence-corrected chi connectivity index (χ0v) is 7.20. The lowest BCUT2D eigenvalue weighted by atomic mass is 10.2. The molecule has 1 atom stereocenters. The van der Waals surface area contributed by atoms with Gasteiger partial charge in [-0.15, -0.1) is 0 Å². The molecule has 1 rings (SSSR count). The topological polar surface area (TPSA) is 20.2 Å². The van der Waals surface area contributed by atoms with E-state index in [0.717, 1.165) is 6.08 Å². The van der Waals surface area contributed by atoms with Crippen molar-refractivity contribution in [2.24, 2.45) is 0 Å². The molecule has 0 aliphatic heterocycles. The molecule has 0 saturated carbocycles. The molecular weight excluding hydrogens is 193 g/mol. The fourth-order valence-electron chi connectivity index (χ4n) is 0.876. The van der Waals surface area contributed by atoms with Crippen LogP contribution in [0.2, 0.25) is 0 Å². The first-order valence-electron chi connectivity index (χ1n) is 3.98. The van der Waals surface area contributed by atoms with Gasteiger partial charge in [-0.1, -0.05) is 36.4 Å². The van der Waals surface area contributed by atoms with E-state index in [1.165, 1.54) is 6.08 Å². The fraction of sp³-hybridized carbons (Fsp3) is 0.200. The Morgan fingerprint density at radius 1 is 1.14 bits per heavy atom. The molecular formula is C10H9F3O. The average Bonchev–Trinajstić information content (AvgIpc) is 2.14. The summed E-state index contributed by atoms with van der Waals surface area (Å²) < 4.78 is 35.6. The minimum absolute atomic E-state index is 0.621. The highest BCUT2D eigenvalue weighted by Crippen LogP contribution is 2.21. The van der Waals surface area contributed by atoms with E-state index in [1.54, 1.807) is 30.3 Å². The second kappa shape index (κ2) is 4.28. The minimum Gasteiger partial charge on any atom is -0.380 e. The molecule has 76 valence electrons. The third-order valence-corrected chi connectivity index (χ3v) is 1.61. The first-order chi connectivity index (χ1) is 6.50. The molecule has 0 aliphatic rings. The van der Waals surface area contributed by atoms with Gasteiger partial charge in [-0.25, -0.2) is 0 Å². The third kappa shape index (κ3) is 3.22. The normalized spacial score (nSPS) is 14.6. The summed E-state index contributed by atoms with van der Waals surface area (Å²) in [5.74, 6) is 0. The van der Waals surface area contributed by atoms with Crippen LogP contribution in [0.3, 0.4) is 0 Å². The van der Waals surface area contributed by atoms with Crippen LogP contribution in [-0.2, 0) is 0 Å². The summed E-state index contributed by atoms with van der Waals surface area (Å²) in [4.78, 5) is 0. The Labute approximate surface area is 79.5 Å². The number of aliphatic hydroxyl groups excluding tert-OH is 1. The predicted octanol–water partition coefficient (Wildman–Crippen LogP) is 2.62. The van der Waals surface area contributed by atoms with Gasteiger partial charge in [0.15, 0.2) is 6.10 Å². The van der Waals surface area contributed by atoms with Gasteiger partial charge in [0.2, 0.25) is 0 Å². The monoisotopic (exact) mass is 202 g/mol. The SMILES string of the molecule is O[C@H](/C=C\c1ccccc1)C(F)(F)F. The van der Waals surface area contributed by atoms with Crippen molar-refractivity contribution in [3.05, 3.63) is 42.0 Å². The summed E-state index contributed by atoms with van der Waals surface area (Å²) in [6, 6.07) is 8.48. The largest absolute Gasteiger partial charge is 0.417 e. The fourth-order valence-corrected chi connectivity index (χ4v) is 0.876. The van der Waals surface area contributed by atoms with Gasteiger partial charge in [0, 0.05) is 0 Å². The summed E-state index contributed by atoms with van der Waals surface area (Å²) in [7, 11) is 0. The molecule has 0 aliphatic carbocycles. The van der Waals surface area contributed by atoms with Crippen LogP contribution in [0, 0.1) is 0 Å². The second-order valence-electron chi connectivity index (χ2n) is 2.76. The lowest BCUT2D eigenvalue weighted by Crippen LogP contribution is -2.25. The van der Waals surface area contributed by atoms with Gasteiger partial charge in [-0.2, -0.15) is 13.2 Å². The van der Waals surface area contributed by atoms with Crippen LogP contribution >= 0.6 is 0 Å². The molecule has 0 heterocycles. The van der Waals surface area contributed by atoms with Gasteiger partial charge >= 0.3 is 6.18 Å². The summed E-state index contributed by atoms with van der Waals surface area (Å²) in [6.07, 6.45) is -5.04. The number of halogens is 3. The molecule has 0 fully saturated rings. The number of hydrogen-bond donors (Lipinski definition) is 1. The maximum atomic E-state index is 11.9. The lowest BCUT2D eigenvalue weighted by molar-refractivity contribution is -0.187. The van der Waals surface area contributed by atoms with Gasteiger partial charge in [0.25, 0.3) is 0 Å². The summed E-state index contributed by atoms with van der Waals surface area (Å²) in [5, 5.41) is 8.64. The van der Waals surface area contributed by atoms with E-state index in [-0.39, 0.29) is 0 Å². The van der Waals surface area contributed by atoms with E-state index in [4.69, 9.17) is 5.11 Å². The maximum Gasteiger partial charge on any atom is 0.417 e. The second-order valence-corrected chi connectivity index (χ2v) is 2.76. The van der Waals surface area contributed by atoms with Gasteiger partial charge in [-0.05, 0) is 11.6 Å². The molecule has 1 nitrogen and oxygen atoms in total. The van der Waals surface area contributed by atoms with Crippen molar-refractivity contribution in [3.8, 4) is 0 Å². The van der Waals surface area contributed by atoms with Crippen LogP contribution in [0.1, 0.15) is 5.56 Å². The van der Waals surface area contributed by atoms with Crippen molar-refractivity contribution in [2.75, 3.05) is 0 Å². The smallest absolute Gasteiger partial charge is 0.380 e. The Morgan fingerprint density at radius 2 is 1.71 bits per heavy atom. The van der Waals surface area contributed by atoms with Crippen LogP contribution in [-0.4, -0.2) is 17.4 Å². The van der Waals surface area contributed by atoms with E-state index in [0.29, 0.717) is 5.56 Å². The van der Waals surface area contributed by atoms with E-state index in [2.05, 4.69) is 0 Å². The van der Waals surface area contributed by atoms with Crippen molar-refractivity contribution < 1.29 is 18.3 Å². The minimum atomic E-state index is -4.59. The summed E-state index contributed by atoms with van der Waals surface area (Å²) in [6.45, 7) is 0. The van der Waals surface area contributed by atoms with Crippen LogP contribution < -0.4 is 0 Å². The molecule has 0 unspecified atom stereocenters. The molecule has 0 aromatic heterocycles. The van der Waals surface area contributed by atoms with Crippen molar-refractivity contribution in [3.63, 3.8) is 0 Å². The molecule has 4 heteroatoms. The molecule has 14 heavy (non-hydrogen) atoms. The number of hydrogen-bond acceptors (Lipinski definition) is 1. The van der Waals surface area contributed by atoms with Crippen molar-refractivity contribution >= 4 is 6.08 Å². The van der Waals surface area contributed by atoms with E-state index >= 15 is 0 Å². The van der Waals surface area contributed by atoms with Crippen LogP contribution in [0.4, 0.5) is 13.2 Å². The zero-order valence-electron chi connectivity index (χ0n) is 7.20. The number of aliphatic hydroxyl groups is 1. The maximum absolute atomic E-state index is 11.9. The van der Waals surface area contributed by atoms with Gasteiger partial charge < -0.3 is 5.11 Å². The van der Waals surface area contributed by atoms with E-state index in [9.17, 15) is 13.2 Å². The average molecular weight is 202 g/mol. The Hall–Kier alpha value is -1.29. The van der Waals surface area contributed by atoms with Gasteiger partial charge in [-0.3, -0.25) is 0 Å².